The molecule has 1 heterocycles. The summed E-state index contributed by atoms with van der Waals surface area (Å²) in [5.74, 6) is -0.216. The second-order valence-electron chi connectivity index (χ2n) is 4.08. The highest BCUT2D eigenvalue weighted by Gasteiger charge is 2.18. The molecule has 1 atom stereocenters. The maximum atomic E-state index is 11.6. The molecule has 0 aliphatic heterocycles. The van der Waals surface area contributed by atoms with Gasteiger partial charge in [-0.2, -0.15) is 0 Å². The molecule has 5 heteroatoms. The molecular weight excluding hydrogens is 206 g/mol. The molecule has 0 radical (unpaired) electrons. The summed E-state index contributed by atoms with van der Waals surface area (Å²) in [6.45, 7) is 5.49. The van der Waals surface area contributed by atoms with Crippen LogP contribution in [-0.2, 0) is 4.79 Å². The summed E-state index contributed by atoms with van der Waals surface area (Å²) in [7, 11) is 0. The van der Waals surface area contributed by atoms with E-state index in [1.165, 1.54) is 6.07 Å². The molecule has 4 N–H and O–H groups in total. The SMILES string of the molecule is Cc1ccc(O)c(NC(=O)[C@H](N)C(C)C)n1. The van der Waals surface area contributed by atoms with Crippen LogP contribution in [0.1, 0.15) is 19.5 Å². The van der Waals surface area contributed by atoms with Gasteiger partial charge in [-0.05, 0) is 25.0 Å². The van der Waals surface area contributed by atoms with Gasteiger partial charge in [-0.25, -0.2) is 4.98 Å². The molecule has 0 aliphatic carbocycles. The number of hydrogen-bond donors (Lipinski definition) is 3. The van der Waals surface area contributed by atoms with E-state index in [-0.39, 0.29) is 23.4 Å². The summed E-state index contributed by atoms with van der Waals surface area (Å²) in [5.41, 5.74) is 6.39. The summed E-state index contributed by atoms with van der Waals surface area (Å²) in [5, 5.41) is 12.0. The Bertz CT molecular complexity index is 391. The molecule has 0 saturated heterocycles. The van der Waals surface area contributed by atoms with Gasteiger partial charge in [0.05, 0.1) is 6.04 Å². The molecule has 0 bridgehead atoms. The minimum Gasteiger partial charge on any atom is -0.504 e. The lowest BCUT2D eigenvalue weighted by molar-refractivity contribution is -0.118. The molecule has 0 aliphatic rings. The van der Waals surface area contributed by atoms with Gasteiger partial charge in [0.1, 0.15) is 0 Å². The Balaban J connectivity index is 2.80. The summed E-state index contributed by atoms with van der Waals surface area (Å²) < 4.78 is 0. The smallest absolute Gasteiger partial charge is 0.242 e. The van der Waals surface area contributed by atoms with Crippen LogP contribution in [0, 0.1) is 12.8 Å². The largest absolute Gasteiger partial charge is 0.504 e. The van der Waals surface area contributed by atoms with Crippen LogP contribution >= 0.6 is 0 Å². The van der Waals surface area contributed by atoms with Gasteiger partial charge >= 0.3 is 0 Å². The van der Waals surface area contributed by atoms with Crippen LogP contribution < -0.4 is 11.1 Å². The molecule has 5 nitrogen and oxygen atoms in total. The van der Waals surface area contributed by atoms with E-state index >= 15 is 0 Å². The van der Waals surface area contributed by atoms with Crippen LogP contribution in [0.3, 0.4) is 0 Å². The predicted molar refractivity (Wildman–Crippen MR) is 62.1 cm³/mol. The molecule has 0 fully saturated rings. The highest BCUT2D eigenvalue weighted by molar-refractivity contribution is 5.95. The lowest BCUT2D eigenvalue weighted by Crippen LogP contribution is -2.39. The van der Waals surface area contributed by atoms with E-state index in [9.17, 15) is 9.90 Å². The first-order valence-corrected chi connectivity index (χ1v) is 5.15. The number of amides is 1. The van der Waals surface area contributed by atoms with Gasteiger partial charge in [-0.15, -0.1) is 0 Å². The van der Waals surface area contributed by atoms with Gasteiger partial charge in [0.2, 0.25) is 5.91 Å². The first-order valence-electron chi connectivity index (χ1n) is 5.15. The number of rotatable bonds is 3. The molecule has 88 valence electrons. The number of pyridine rings is 1. The zero-order valence-corrected chi connectivity index (χ0v) is 9.69. The molecule has 16 heavy (non-hydrogen) atoms. The second kappa shape index (κ2) is 4.94. The normalized spacial score (nSPS) is 12.6. The van der Waals surface area contributed by atoms with Crippen LogP contribution in [0.25, 0.3) is 0 Å². The van der Waals surface area contributed by atoms with Crippen molar-refractivity contribution in [2.24, 2.45) is 11.7 Å². The number of nitrogens with two attached hydrogens (primary N) is 1. The number of aromatic hydroxyl groups is 1. The van der Waals surface area contributed by atoms with Crippen molar-refractivity contribution in [2.45, 2.75) is 26.8 Å². The number of carbonyl (C=O) groups excluding carboxylic acids is 1. The quantitative estimate of drug-likeness (QED) is 0.713. The van der Waals surface area contributed by atoms with E-state index in [0.717, 1.165) is 0 Å². The molecule has 1 rings (SSSR count). The van der Waals surface area contributed by atoms with Gasteiger partial charge in [0.25, 0.3) is 0 Å². The Hall–Kier alpha value is -1.62. The minimum absolute atomic E-state index is 0.0342. The van der Waals surface area contributed by atoms with E-state index in [4.69, 9.17) is 5.73 Å². The van der Waals surface area contributed by atoms with Crippen molar-refractivity contribution in [3.8, 4) is 5.75 Å². The van der Waals surface area contributed by atoms with Crippen LogP contribution in [0.4, 0.5) is 5.82 Å². The van der Waals surface area contributed by atoms with E-state index < -0.39 is 6.04 Å². The topological polar surface area (TPSA) is 88.2 Å². The monoisotopic (exact) mass is 223 g/mol. The third kappa shape index (κ3) is 2.93. The summed E-state index contributed by atoms with van der Waals surface area (Å²) >= 11 is 0. The number of nitrogens with one attached hydrogen (secondary N) is 1. The van der Waals surface area contributed by atoms with Crippen molar-refractivity contribution in [1.82, 2.24) is 4.98 Å². The Morgan fingerprint density at radius 1 is 1.50 bits per heavy atom. The van der Waals surface area contributed by atoms with Crippen LogP contribution in [0.5, 0.6) is 5.75 Å². The van der Waals surface area contributed by atoms with Crippen molar-refractivity contribution in [3.63, 3.8) is 0 Å². The van der Waals surface area contributed by atoms with Gasteiger partial charge in [-0.1, -0.05) is 13.8 Å². The van der Waals surface area contributed by atoms with Gasteiger partial charge in [0, 0.05) is 5.69 Å². The average Bonchev–Trinajstić information content (AvgIpc) is 2.22. The van der Waals surface area contributed by atoms with E-state index in [0.29, 0.717) is 5.69 Å². The maximum Gasteiger partial charge on any atom is 0.242 e. The third-order valence-electron chi connectivity index (χ3n) is 2.28. The zero-order chi connectivity index (χ0) is 12.3. The van der Waals surface area contributed by atoms with E-state index in [1.54, 1.807) is 13.0 Å². The number of aryl methyl sites for hydroxylation is 1. The van der Waals surface area contributed by atoms with Crippen LogP contribution in [0.2, 0.25) is 0 Å². The first-order chi connectivity index (χ1) is 7.41. The highest BCUT2D eigenvalue weighted by atomic mass is 16.3. The number of carbonyl (C=O) groups is 1. The van der Waals surface area contributed by atoms with Crippen LogP contribution in [-0.4, -0.2) is 22.0 Å². The zero-order valence-electron chi connectivity index (χ0n) is 9.69. The molecular formula is C11H17N3O2. The fraction of sp³-hybridized carbons (Fsp3) is 0.455. The Morgan fingerprint density at radius 3 is 2.69 bits per heavy atom. The van der Waals surface area contributed by atoms with Crippen LogP contribution in [0.15, 0.2) is 12.1 Å². The third-order valence-corrected chi connectivity index (χ3v) is 2.28. The lowest BCUT2D eigenvalue weighted by atomic mass is 10.1. The fourth-order valence-corrected chi connectivity index (χ4v) is 1.14. The maximum absolute atomic E-state index is 11.6. The summed E-state index contributed by atoms with van der Waals surface area (Å²) in [4.78, 5) is 15.6. The molecule has 1 aromatic heterocycles. The van der Waals surface area contributed by atoms with Crippen molar-refractivity contribution in [1.29, 1.82) is 0 Å². The average molecular weight is 223 g/mol. The lowest BCUT2D eigenvalue weighted by Gasteiger charge is -2.15. The highest BCUT2D eigenvalue weighted by Crippen LogP contribution is 2.20. The first kappa shape index (κ1) is 12.4. The minimum atomic E-state index is -0.610. The number of hydrogen-bond acceptors (Lipinski definition) is 4. The summed E-state index contributed by atoms with van der Waals surface area (Å²) in [6.07, 6.45) is 0. The van der Waals surface area contributed by atoms with E-state index in [2.05, 4.69) is 10.3 Å². The van der Waals surface area contributed by atoms with Crippen molar-refractivity contribution < 1.29 is 9.90 Å². The van der Waals surface area contributed by atoms with Gasteiger partial charge < -0.3 is 16.2 Å². The Kier molecular flexibility index (Phi) is 3.84. The number of aromatic nitrogens is 1. The Morgan fingerprint density at radius 2 is 2.12 bits per heavy atom. The van der Waals surface area contributed by atoms with Crippen molar-refractivity contribution in [3.05, 3.63) is 17.8 Å². The molecule has 1 aromatic rings. The van der Waals surface area contributed by atoms with E-state index in [1.807, 2.05) is 13.8 Å². The predicted octanol–water partition coefficient (Wildman–Crippen LogP) is 1.02. The standard InChI is InChI=1S/C11H17N3O2/c1-6(2)9(12)11(16)14-10-8(15)5-4-7(3)13-10/h4-6,9,15H,12H2,1-3H3,(H,13,14,16)/t9-/m1/s1. The van der Waals surface area contributed by atoms with Gasteiger partial charge in [0.15, 0.2) is 11.6 Å². The summed E-state index contributed by atoms with van der Waals surface area (Å²) in [6, 6.07) is 2.54. The molecule has 0 unspecified atom stereocenters. The molecule has 1 amide bonds. The molecule has 0 saturated carbocycles. The number of anilines is 1. The molecule has 0 aromatic carbocycles. The number of nitrogens with zero attached hydrogens (tertiary/aromatic N) is 1. The van der Waals surface area contributed by atoms with Gasteiger partial charge in [-0.3, -0.25) is 4.79 Å². The molecule has 0 spiro atoms. The second-order valence-corrected chi connectivity index (χ2v) is 4.08. The van der Waals surface area contributed by atoms with Crippen molar-refractivity contribution >= 4 is 11.7 Å². The fourth-order valence-electron chi connectivity index (χ4n) is 1.14. The van der Waals surface area contributed by atoms with Crippen molar-refractivity contribution in [2.75, 3.05) is 5.32 Å². The Labute approximate surface area is 94.7 Å².